The van der Waals surface area contributed by atoms with Crippen molar-refractivity contribution in [3.8, 4) is 0 Å². The van der Waals surface area contributed by atoms with Gasteiger partial charge in [0.15, 0.2) is 6.10 Å². The van der Waals surface area contributed by atoms with Crippen molar-refractivity contribution in [3.05, 3.63) is 0 Å². The summed E-state index contributed by atoms with van der Waals surface area (Å²) in [5.41, 5.74) is 0. The zero-order valence-corrected chi connectivity index (χ0v) is 40.4. The molecular weight excluding hydrogens is 733 g/mol. The largest absolute Gasteiger partial charge is 0.462 e. The second-order valence-electron chi connectivity index (χ2n) is 19.1. The average molecular weight is 835 g/mol. The molecule has 0 radical (unpaired) electrons. The Hall–Kier alpha value is -1.59. The second kappa shape index (κ2) is 45.9. The van der Waals surface area contributed by atoms with Crippen LogP contribution in [0.2, 0.25) is 0 Å². The Morgan fingerprint density at radius 1 is 0.322 bits per heavy atom. The molecule has 6 nitrogen and oxygen atoms in total. The summed E-state index contributed by atoms with van der Waals surface area (Å²) < 4.78 is 16.8. The van der Waals surface area contributed by atoms with Crippen molar-refractivity contribution in [2.45, 2.75) is 298 Å². The number of hydrogen-bond donors (Lipinski definition) is 0. The molecule has 0 aromatic heterocycles. The highest BCUT2D eigenvalue weighted by Gasteiger charge is 2.19. The summed E-state index contributed by atoms with van der Waals surface area (Å²) in [6.07, 6.45) is 46.8. The van der Waals surface area contributed by atoms with Crippen LogP contribution >= 0.6 is 0 Å². The van der Waals surface area contributed by atoms with Crippen LogP contribution in [0.1, 0.15) is 291 Å². The molecule has 0 aliphatic rings. The minimum atomic E-state index is -0.760. The fourth-order valence-corrected chi connectivity index (χ4v) is 7.99. The monoisotopic (exact) mass is 835 g/mol. The van der Waals surface area contributed by atoms with Gasteiger partial charge in [-0.2, -0.15) is 0 Å². The Kier molecular flexibility index (Phi) is 44.7. The van der Waals surface area contributed by atoms with Crippen LogP contribution in [0.5, 0.6) is 0 Å². The maximum absolute atomic E-state index is 12.8. The van der Waals surface area contributed by atoms with Gasteiger partial charge < -0.3 is 14.2 Å². The molecule has 0 N–H and O–H groups in total. The van der Waals surface area contributed by atoms with Gasteiger partial charge >= 0.3 is 17.9 Å². The first-order valence-corrected chi connectivity index (χ1v) is 26.2. The van der Waals surface area contributed by atoms with Gasteiger partial charge in [0.1, 0.15) is 13.2 Å². The minimum Gasteiger partial charge on any atom is -0.462 e. The zero-order chi connectivity index (χ0) is 43.3. The molecule has 1 atom stereocenters. The van der Waals surface area contributed by atoms with Crippen LogP contribution < -0.4 is 0 Å². The standard InChI is InChI=1S/C53H102O6/c1-6-7-8-9-26-33-38-43-51(54)57-46-50(59-53(56)45-40-35-30-25-21-17-16-19-23-28-32-37-42-49(4)5)47-58-52(55)44-39-34-29-24-20-15-13-11-10-12-14-18-22-27-31-36-41-48(2)3/h48-50H,6-47H2,1-5H3/t50-/m1/s1. The number of hydrogen-bond acceptors (Lipinski definition) is 6. The highest BCUT2D eigenvalue weighted by molar-refractivity contribution is 5.71. The normalized spacial score (nSPS) is 12.1. The molecule has 0 unspecified atom stereocenters. The summed E-state index contributed by atoms with van der Waals surface area (Å²) in [6, 6.07) is 0. The molecule has 0 bridgehead atoms. The van der Waals surface area contributed by atoms with E-state index in [0.29, 0.717) is 19.3 Å². The van der Waals surface area contributed by atoms with Crippen LogP contribution in [0.25, 0.3) is 0 Å². The molecule has 0 amide bonds. The van der Waals surface area contributed by atoms with Gasteiger partial charge in [-0.1, -0.05) is 253 Å². The van der Waals surface area contributed by atoms with E-state index in [0.717, 1.165) is 69.6 Å². The van der Waals surface area contributed by atoms with Crippen molar-refractivity contribution in [1.82, 2.24) is 0 Å². The van der Waals surface area contributed by atoms with Crippen molar-refractivity contribution >= 4 is 17.9 Å². The molecule has 0 saturated heterocycles. The third-order valence-corrected chi connectivity index (χ3v) is 12.0. The van der Waals surface area contributed by atoms with Crippen LogP contribution in [0.3, 0.4) is 0 Å². The molecule has 0 saturated carbocycles. The van der Waals surface area contributed by atoms with Crippen molar-refractivity contribution in [3.63, 3.8) is 0 Å². The minimum absolute atomic E-state index is 0.0638. The molecule has 0 spiro atoms. The van der Waals surface area contributed by atoms with E-state index in [4.69, 9.17) is 14.2 Å². The van der Waals surface area contributed by atoms with Gasteiger partial charge in [-0.15, -0.1) is 0 Å². The summed E-state index contributed by atoms with van der Waals surface area (Å²) in [6.45, 7) is 11.4. The Labute approximate surface area is 368 Å². The first-order chi connectivity index (χ1) is 28.7. The lowest BCUT2D eigenvalue weighted by atomic mass is 10.0. The Bertz CT molecular complexity index is 900. The first kappa shape index (κ1) is 57.4. The van der Waals surface area contributed by atoms with E-state index >= 15 is 0 Å². The predicted molar refractivity (Wildman–Crippen MR) is 252 cm³/mol. The number of carbonyl (C=O) groups is 3. The lowest BCUT2D eigenvalue weighted by molar-refractivity contribution is -0.167. The molecule has 0 rings (SSSR count). The Balaban J connectivity index is 4.17. The number of carbonyl (C=O) groups excluding carboxylic acids is 3. The van der Waals surface area contributed by atoms with Gasteiger partial charge in [0.25, 0.3) is 0 Å². The summed E-state index contributed by atoms with van der Waals surface area (Å²) in [5, 5.41) is 0. The fraction of sp³-hybridized carbons (Fsp3) is 0.943. The molecule has 0 aliphatic heterocycles. The predicted octanol–water partition coefficient (Wildman–Crippen LogP) is 16.9. The summed E-state index contributed by atoms with van der Waals surface area (Å²) in [5.74, 6) is 0.832. The van der Waals surface area contributed by atoms with Crippen LogP contribution in [0.4, 0.5) is 0 Å². The van der Waals surface area contributed by atoms with Crippen LogP contribution in [-0.2, 0) is 28.6 Å². The molecule has 0 aromatic carbocycles. The van der Waals surface area contributed by atoms with E-state index in [9.17, 15) is 14.4 Å². The quantitative estimate of drug-likeness (QED) is 0.0345. The van der Waals surface area contributed by atoms with Gasteiger partial charge in [0, 0.05) is 19.3 Å². The topological polar surface area (TPSA) is 78.9 Å². The SMILES string of the molecule is CCCCCCCCCC(=O)OC[C@H](COC(=O)CCCCCCCCCCCCCCCCCCC(C)C)OC(=O)CCCCCCCCCCCCCCC(C)C. The van der Waals surface area contributed by atoms with Gasteiger partial charge in [-0.05, 0) is 31.1 Å². The number of ether oxygens (including phenoxy) is 3. The van der Waals surface area contributed by atoms with Gasteiger partial charge in [0.05, 0.1) is 0 Å². The van der Waals surface area contributed by atoms with Crippen molar-refractivity contribution in [2.24, 2.45) is 11.8 Å². The molecule has 0 aliphatic carbocycles. The molecule has 0 fully saturated rings. The molecule has 59 heavy (non-hydrogen) atoms. The third-order valence-electron chi connectivity index (χ3n) is 12.0. The van der Waals surface area contributed by atoms with Gasteiger partial charge in [0.2, 0.25) is 0 Å². The van der Waals surface area contributed by atoms with Gasteiger partial charge in [-0.3, -0.25) is 14.4 Å². The third kappa shape index (κ3) is 47.3. The van der Waals surface area contributed by atoms with E-state index in [1.807, 2.05) is 0 Å². The summed E-state index contributed by atoms with van der Waals surface area (Å²) in [7, 11) is 0. The van der Waals surface area contributed by atoms with Crippen LogP contribution in [0, 0.1) is 11.8 Å². The second-order valence-corrected chi connectivity index (χ2v) is 19.1. The first-order valence-electron chi connectivity index (χ1n) is 26.2. The summed E-state index contributed by atoms with van der Waals surface area (Å²) in [4.78, 5) is 37.8. The van der Waals surface area contributed by atoms with Crippen molar-refractivity contribution in [1.29, 1.82) is 0 Å². The Morgan fingerprint density at radius 3 is 0.831 bits per heavy atom. The molecule has 350 valence electrons. The van der Waals surface area contributed by atoms with Gasteiger partial charge in [-0.25, -0.2) is 0 Å². The zero-order valence-electron chi connectivity index (χ0n) is 40.4. The van der Waals surface area contributed by atoms with E-state index in [-0.39, 0.29) is 31.1 Å². The lowest BCUT2D eigenvalue weighted by Crippen LogP contribution is -2.30. The van der Waals surface area contributed by atoms with E-state index in [1.54, 1.807) is 0 Å². The highest BCUT2D eigenvalue weighted by Crippen LogP contribution is 2.17. The summed E-state index contributed by atoms with van der Waals surface area (Å²) >= 11 is 0. The van der Waals surface area contributed by atoms with E-state index in [2.05, 4.69) is 34.6 Å². The Morgan fingerprint density at radius 2 is 0.559 bits per heavy atom. The number of unbranched alkanes of at least 4 members (excludes halogenated alkanes) is 32. The molecule has 0 aromatic rings. The maximum atomic E-state index is 12.8. The smallest absolute Gasteiger partial charge is 0.306 e. The van der Waals surface area contributed by atoms with E-state index < -0.39 is 6.10 Å². The average Bonchev–Trinajstić information content (AvgIpc) is 3.20. The number of rotatable bonds is 47. The highest BCUT2D eigenvalue weighted by atomic mass is 16.6. The number of esters is 3. The lowest BCUT2D eigenvalue weighted by Gasteiger charge is -2.18. The van der Waals surface area contributed by atoms with Crippen LogP contribution in [-0.4, -0.2) is 37.2 Å². The molecular formula is C53H102O6. The maximum Gasteiger partial charge on any atom is 0.306 e. The molecule has 0 heterocycles. The van der Waals surface area contributed by atoms with Crippen molar-refractivity contribution in [2.75, 3.05) is 13.2 Å². The van der Waals surface area contributed by atoms with Crippen molar-refractivity contribution < 1.29 is 28.6 Å². The molecule has 6 heteroatoms. The fourth-order valence-electron chi connectivity index (χ4n) is 7.99. The van der Waals surface area contributed by atoms with Crippen LogP contribution in [0.15, 0.2) is 0 Å². The van der Waals surface area contributed by atoms with E-state index in [1.165, 1.54) is 180 Å².